The molecule has 0 aromatic heterocycles. The molecule has 23 heavy (non-hydrogen) atoms. The molecule has 0 aromatic rings. The van der Waals surface area contributed by atoms with Crippen LogP contribution in [-0.2, 0) is 20.4 Å². The Morgan fingerprint density at radius 1 is 0.348 bits per heavy atom. The van der Waals surface area contributed by atoms with Gasteiger partial charge in [-0.15, -0.1) is 24.8 Å². The van der Waals surface area contributed by atoms with Crippen molar-refractivity contribution in [3.63, 3.8) is 0 Å². The normalized spacial score (nSPS) is 29.0. The van der Waals surface area contributed by atoms with Gasteiger partial charge in [0.25, 0.3) is 0 Å². The maximum absolute atomic E-state index is 2.61. The van der Waals surface area contributed by atoms with E-state index in [9.17, 15) is 0 Å². The third-order valence-electron chi connectivity index (χ3n) is 4.06. The Labute approximate surface area is 168 Å². The maximum Gasteiger partial charge on any atom is 0.120 e. The van der Waals surface area contributed by atoms with E-state index >= 15 is 0 Å². The van der Waals surface area contributed by atoms with E-state index in [0.29, 0.717) is 0 Å². The number of hydrogen-bond acceptors (Lipinski definition) is 6. The molecule has 6 aliphatic heterocycles. The van der Waals surface area contributed by atoms with Crippen molar-refractivity contribution >= 4 is 41.6 Å². The molecule has 6 saturated heterocycles. The van der Waals surface area contributed by atoms with Crippen molar-refractivity contribution in [2.75, 3.05) is 78.5 Å². The molecule has 0 N–H and O–H groups in total. The summed E-state index contributed by atoms with van der Waals surface area (Å²) in [5.74, 6) is 0. The summed E-state index contributed by atoms with van der Waals surface area (Å²) in [6.07, 6.45) is 0. The first-order chi connectivity index (χ1) is 9.90. The molecule has 11 heteroatoms. The van der Waals surface area contributed by atoms with E-state index in [-0.39, 0.29) is 62.0 Å². The van der Waals surface area contributed by atoms with Crippen molar-refractivity contribution < 1.29 is 20.4 Å². The summed E-state index contributed by atoms with van der Waals surface area (Å²) in [4.78, 5) is 0. The van der Waals surface area contributed by atoms with Crippen LogP contribution < -0.4 is 0 Å². The number of rotatable bonds is 6. The smallest absolute Gasteiger partial charge is 0.120 e. The van der Waals surface area contributed by atoms with Crippen molar-refractivity contribution in [3.8, 4) is 0 Å². The van der Waals surface area contributed by atoms with Gasteiger partial charge in [-0.2, -0.15) is 0 Å². The van der Waals surface area contributed by atoms with Crippen LogP contribution in [-0.4, -0.2) is 107 Å². The van der Waals surface area contributed by atoms with E-state index < -0.39 is 0 Å². The van der Waals surface area contributed by atoms with Crippen LogP contribution in [0.1, 0.15) is 0 Å². The Balaban J connectivity index is 0.000000148. The molecule has 0 amide bonds. The standard InChI is InChI=1S/2C6H12N3P.2ClH.Pd/c2*1-2-7(1)10(8-3-4-8)9-5-6-9;;;/h2*1-6H2;2*1H;. The quantitative estimate of drug-likeness (QED) is 0.312. The molecule has 6 fully saturated rings. The molecule has 0 aromatic carbocycles. The van der Waals surface area contributed by atoms with Crippen molar-refractivity contribution in [1.29, 1.82) is 0 Å². The summed E-state index contributed by atoms with van der Waals surface area (Å²) in [5.41, 5.74) is 0. The second-order valence-corrected chi connectivity index (χ2v) is 10.7. The fourth-order valence-corrected chi connectivity index (χ4v) is 7.24. The van der Waals surface area contributed by atoms with E-state index in [0.717, 1.165) is 0 Å². The summed E-state index contributed by atoms with van der Waals surface area (Å²) in [5, 5.41) is 0. The molecular formula is C12H26Cl2N6P2Pd. The summed E-state index contributed by atoms with van der Waals surface area (Å²) >= 11 is 0. The predicted octanol–water partition coefficient (Wildman–Crippen LogP) is 1.16. The molecule has 0 unspecified atom stereocenters. The summed E-state index contributed by atoms with van der Waals surface area (Å²) in [6.45, 7) is 16.3. The van der Waals surface area contributed by atoms with Gasteiger partial charge in [0.2, 0.25) is 0 Å². The Morgan fingerprint density at radius 2 is 0.478 bits per heavy atom. The van der Waals surface area contributed by atoms with Crippen LogP contribution in [0.15, 0.2) is 0 Å². The molecule has 0 aliphatic carbocycles. The molecular weight excluding hydrogens is 467 g/mol. The first kappa shape index (κ1) is 21.2. The van der Waals surface area contributed by atoms with Gasteiger partial charge in [0.1, 0.15) is 16.7 Å². The van der Waals surface area contributed by atoms with Crippen LogP contribution in [0.4, 0.5) is 0 Å². The first-order valence-corrected chi connectivity index (χ1v) is 10.4. The Morgan fingerprint density at radius 3 is 0.565 bits per heavy atom. The zero-order valence-corrected chi connectivity index (χ0v) is 18.2. The minimum Gasteiger partial charge on any atom is -0.255 e. The largest absolute Gasteiger partial charge is 0.255 e. The first-order valence-electron chi connectivity index (χ1n) is 7.99. The van der Waals surface area contributed by atoms with Gasteiger partial charge in [0.05, 0.1) is 0 Å². The summed E-state index contributed by atoms with van der Waals surface area (Å²) in [7, 11) is 0.191. The Hall–Kier alpha value is 1.86. The summed E-state index contributed by atoms with van der Waals surface area (Å²) in [6, 6.07) is 0. The van der Waals surface area contributed by atoms with Gasteiger partial charge in [-0.25, -0.2) is 0 Å². The van der Waals surface area contributed by atoms with Gasteiger partial charge in [0.15, 0.2) is 0 Å². The molecule has 0 bridgehead atoms. The molecule has 6 nitrogen and oxygen atoms in total. The number of halogens is 2. The average molecular weight is 494 g/mol. The molecule has 0 saturated carbocycles. The van der Waals surface area contributed by atoms with E-state index in [1.54, 1.807) is 0 Å². The third-order valence-corrected chi connectivity index (χ3v) is 9.50. The van der Waals surface area contributed by atoms with Gasteiger partial charge in [-0.3, -0.25) is 28.0 Å². The van der Waals surface area contributed by atoms with Crippen LogP contribution in [0, 0.1) is 0 Å². The average Bonchev–Trinajstić information content (AvgIpc) is 3.27. The molecule has 0 atom stereocenters. The van der Waals surface area contributed by atoms with Gasteiger partial charge in [0, 0.05) is 99.0 Å². The molecule has 0 radical (unpaired) electrons. The van der Waals surface area contributed by atoms with Crippen LogP contribution in [0.25, 0.3) is 0 Å². The van der Waals surface area contributed by atoms with E-state index in [4.69, 9.17) is 0 Å². The van der Waals surface area contributed by atoms with Crippen molar-refractivity contribution in [3.05, 3.63) is 0 Å². The second kappa shape index (κ2) is 8.70. The molecule has 138 valence electrons. The van der Waals surface area contributed by atoms with Crippen molar-refractivity contribution in [1.82, 2.24) is 28.0 Å². The summed E-state index contributed by atoms with van der Waals surface area (Å²) < 4.78 is 15.6. The SMILES string of the molecule is C1CN1P(N1CC1)N1CC1.C1CN1P(N1CC1)N1CC1.Cl.Cl.[Pd]. The fourth-order valence-electron chi connectivity index (χ4n) is 2.41. The number of hydrogen-bond donors (Lipinski definition) is 0. The zero-order chi connectivity index (χ0) is 13.1. The maximum atomic E-state index is 2.61. The molecule has 6 heterocycles. The van der Waals surface area contributed by atoms with Crippen molar-refractivity contribution in [2.24, 2.45) is 0 Å². The molecule has 6 aliphatic rings. The van der Waals surface area contributed by atoms with Gasteiger partial charge >= 0.3 is 0 Å². The van der Waals surface area contributed by atoms with Gasteiger partial charge in [-0.05, 0) is 0 Å². The van der Waals surface area contributed by atoms with Crippen LogP contribution in [0.5, 0.6) is 0 Å². The van der Waals surface area contributed by atoms with Crippen molar-refractivity contribution in [2.45, 2.75) is 0 Å². The molecule has 6 rings (SSSR count). The molecule has 0 spiro atoms. The topological polar surface area (TPSA) is 18.1 Å². The van der Waals surface area contributed by atoms with E-state index in [1.807, 2.05) is 0 Å². The minimum absolute atomic E-state index is 0. The zero-order valence-electron chi connectivity index (χ0n) is 13.2. The van der Waals surface area contributed by atoms with Crippen LogP contribution >= 0.6 is 41.6 Å². The Bertz CT molecular complexity index is 297. The Kier molecular flexibility index (Phi) is 8.01. The van der Waals surface area contributed by atoms with Crippen LogP contribution in [0.2, 0.25) is 0 Å². The van der Waals surface area contributed by atoms with E-state index in [1.165, 1.54) is 78.5 Å². The second-order valence-electron chi connectivity index (χ2n) is 6.26. The predicted molar refractivity (Wildman–Crippen MR) is 97.8 cm³/mol. The third kappa shape index (κ3) is 5.93. The van der Waals surface area contributed by atoms with Gasteiger partial charge in [-0.1, -0.05) is 0 Å². The van der Waals surface area contributed by atoms with Crippen LogP contribution in [0.3, 0.4) is 0 Å². The monoisotopic (exact) mass is 492 g/mol. The van der Waals surface area contributed by atoms with E-state index in [2.05, 4.69) is 28.0 Å². The number of nitrogens with zero attached hydrogens (tertiary/aromatic N) is 6. The fraction of sp³-hybridized carbons (Fsp3) is 1.00. The van der Waals surface area contributed by atoms with Gasteiger partial charge < -0.3 is 0 Å². The minimum atomic E-state index is 0.